The molecule has 0 spiro atoms. The quantitative estimate of drug-likeness (QED) is 0.429. The number of rotatable bonds is 0. The molecule has 10 heavy (non-hydrogen) atoms. The summed E-state index contributed by atoms with van der Waals surface area (Å²) in [6.45, 7) is 2.33. The number of hydrogen-bond acceptors (Lipinski definition) is 0. The van der Waals surface area contributed by atoms with E-state index in [1.165, 1.54) is 32.4 Å². The zero-order chi connectivity index (χ0) is 6.04. The smallest absolute Gasteiger partial charge is 0.0311 e. The molecule has 59 valence electrons. The van der Waals surface area contributed by atoms with Gasteiger partial charge < -0.3 is 11.9 Å². The number of likely N-dealkylation sites (tertiary alicyclic amines) is 1. The summed E-state index contributed by atoms with van der Waals surface area (Å²) in [7, 11) is 7.91. The van der Waals surface area contributed by atoms with E-state index >= 15 is 0 Å². The summed E-state index contributed by atoms with van der Waals surface area (Å²) in [4.78, 5) is 0. The van der Waals surface area contributed by atoms with Gasteiger partial charge in [0, 0.05) is 45.8 Å². The van der Waals surface area contributed by atoms with E-state index in [-0.39, 0.29) is 40.1 Å². The largest absolute Gasteiger partial charge is 0.595 e. The van der Waals surface area contributed by atoms with Gasteiger partial charge in [-0.3, -0.25) is 0 Å². The number of hydrogen-bond donors (Lipinski definition) is 0. The summed E-state index contributed by atoms with van der Waals surface area (Å²) in [5, 5.41) is 0. The summed E-state index contributed by atoms with van der Waals surface area (Å²) in [6.07, 6.45) is 4.00. The zero-order valence-electron chi connectivity index (χ0n) is 6.97. The number of nitrogens with zero attached hydrogens (tertiary/aromatic N) is 1. The second kappa shape index (κ2) is 5.68. The van der Waals surface area contributed by atoms with E-state index in [2.05, 4.69) is 14.1 Å². The van der Waals surface area contributed by atoms with E-state index in [1.54, 1.807) is 0 Å². The fourth-order valence-corrected chi connectivity index (χ4v) is 1.18. The first-order chi connectivity index (χ1) is 3.71. The molecule has 1 saturated heterocycles. The van der Waals surface area contributed by atoms with Crippen LogP contribution in [0, 0.1) is 21.5 Å². The Morgan fingerprint density at radius 3 is 1.50 bits per heavy atom. The molecule has 1 aliphatic rings. The third kappa shape index (κ3) is 4.81. The van der Waals surface area contributed by atoms with Gasteiger partial charge in [0.25, 0.3) is 0 Å². The van der Waals surface area contributed by atoms with E-state index in [4.69, 9.17) is 0 Å². The maximum atomic E-state index is 3.96. The minimum atomic E-state index is 0. The van der Waals surface area contributed by atoms with Crippen LogP contribution in [0.2, 0.25) is 0 Å². The van der Waals surface area contributed by atoms with E-state index < -0.39 is 0 Å². The zero-order valence-corrected chi connectivity index (χ0v) is 9.81. The molecule has 1 nitrogen and oxygen atoms in total. The molecular weight excluding hydrogens is 199 g/mol. The standard InChI is InChI=1S/C7H14N.CH3.Y/c1-8(2)6-4-3-5-7-8;;/h1-7H2;1H3;/q2*-1;. The van der Waals surface area contributed by atoms with Crippen LogP contribution in [0.3, 0.4) is 0 Å². The second-order valence-corrected chi connectivity index (χ2v) is 2.85. The molecule has 0 N–H and O–H groups in total. The Labute approximate surface area is 90.6 Å². The van der Waals surface area contributed by atoms with Crippen LogP contribution in [-0.2, 0) is 32.7 Å². The number of piperidine rings is 1. The fraction of sp³-hybridized carbons (Fsp3) is 0.625. The first kappa shape index (κ1) is 13.6. The van der Waals surface area contributed by atoms with Crippen molar-refractivity contribution >= 4 is 0 Å². The molecule has 0 unspecified atom stereocenters. The minimum absolute atomic E-state index is 0. The molecule has 1 aliphatic heterocycles. The first-order valence-electron chi connectivity index (χ1n) is 3.26. The van der Waals surface area contributed by atoms with Gasteiger partial charge in [0.2, 0.25) is 0 Å². The molecule has 0 aromatic rings. The van der Waals surface area contributed by atoms with E-state index in [1.807, 2.05) is 0 Å². The molecular formula is C8H17NY-2. The summed E-state index contributed by atoms with van der Waals surface area (Å²) in [5.74, 6) is 0. The van der Waals surface area contributed by atoms with Crippen molar-refractivity contribution in [3.8, 4) is 0 Å². The Bertz CT molecular complexity index is 73.3. The van der Waals surface area contributed by atoms with Crippen molar-refractivity contribution in [2.75, 3.05) is 13.1 Å². The monoisotopic (exact) mass is 216 g/mol. The van der Waals surface area contributed by atoms with Crippen molar-refractivity contribution in [1.82, 2.24) is 0 Å². The summed E-state index contributed by atoms with van der Waals surface area (Å²) in [6, 6.07) is 0. The van der Waals surface area contributed by atoms with E-state index in [9.17, 15) is 0 Å². The van der Waals surface area contributed by atoms with Gasteiger partial charge in [-0.15, -0.1) is 0 Å². The van der Waals surface area contributed by atoms with Crippen LogP contribution in [0.1, 0.15) is 19.3 Å². The average molecular weight is 216 g/mol. The van der Waals surface area contributed by atoms with Crippen molar-refractivity contribution in [3.63, 3.8) is 0 Å². The van der Waals surface area contributed by atoms with Crippen molar-refractivity contribution < 1.29 is 37.2 Å². The number of quaternary nitrogens is 1. The summed E-state index contributed by atoms with van der Waals surface area (Å²) >= 11 is 0. The molecule has 1 heterocycles. The first-order valence-corrected chi connectivity index (χ1v) is 3.26. The Kier molecular flexibility index (Phi) is 7.75. The van der Waals surface area contributed by atoms with Crippen LogP contribution in [-0.4, -0.2) is 17.6 Å². The van der Waals surface area contributed by atoms with Gasteiger partial charge in [-0.25, -0.2) is 0 Å². The summed E-state index contributed by atoms with van der Waals surface area (Å²) < 4.78 is 0.750. The third-order valence-corrected chi connectivity index (χ3v) is 1.76. The van der Waals surface area contributed by atoms with Crippen LogP contribution < -0.4 is 0 Å². The van der Waals surface area contributed by atoms with Gasteiger partial charge in [0.1, 0.15) is 0 Å². The van der Waals surface area contributed by atoms with Gasteiger partial charge in [0.15, 0.2) is 0 Å². The van der Waals surface area contributed by atoms with Gasteiger partial charge >= 0.3 is 0 Å². The van der Waals surface area contributed by atoms with Crippen molar-refractivity contribution in [2.24, 2.45) is 0 Å². The van der Waals surface area contributed by atoms with Gasteiger partial charge in [-0.2, -0.15) is 14.1 Å². The fourth-order valence-electron chi connectivity index (χ4n) is 1.18. The van der Waals surface area contributed by atoms with Crippen LogP contribution >= 0.6 is 0 Å². The SMILES string of the molecule is [CH2-][N+]1([CH2-])CCCCC1.[CH3-].[Y]. The molecule has 0 aliphatic carbocycles. The molecule has 0 aromatic carbocycles. The molecule has 0 saturated carbocycles. The molecule has 0 aromatic heterocycles. The molecule has 1 radical (unpaired) electrons. The Hall–Kier alpha value is 1.06. The molecule has 0 amide bonds. The average Bonchev–Trinajstić information content (AvgIpc) is 1.65. The predicted molar refractivity (Wildman–Crippen MR) is 41.0 cm³/mol. The molecule has 2 heteroatoms. The Morgan fingerprint density at radius 2 is 1.30 bits per heavy atom. The van der Waals surface area contributed by atoms with Crippen LogP contribution in [0.25, 0.3) is 0 Å². The Balaban J connectivity index is 0. The maximum Gasteiger partial charge on any atom is 0.0311 e. The molecule has 1 rings (SSSR count). The molecule has 0 bridgehead atoms. The van der Waals surface area contributed by atoms with Gasteiger partial charge in [-0.1, -0.05) is 0 Å². The van der Waals surface area contributed by atoms with Crippen LogP contribution in [0.5, 0.6) is 0 Å². The van der Waals surface area contributed by atoms with Crippen LogP contribution in [0.4, 0.5) is 0 Å². The predicted octanol–water partition coefficient (Wildman–Crippen LogP) is 2.02. The Morgan fingerprint density at radius 1 is 0.900 bits per heavy atom. The second-order valence-electron chi connectivity index (χ2n) is 2.85. The van der Waals surface area contributed by atoms with Crippen molar-refractivity contribution in [2.45, 2.75) is 19.3 Å². The topological polar surface area (TPSA) is 0 Å². The van der Waals surface area contributed by atoms with E-state index in [0.717, 1.165) is 4.48 Å². The van der Waals surface area contributed by atoms with Gasteiger partial charge in [0.05, 0.1) is 0 Å². The summed E-state index contributed by atoms with van der Waals surface area (Å²) in [5.41, 5.74) is 0. The minimum Gasteiger partial charge on any atom is -0.595 e. The van der Waals surface area contributed by atoms with Gasteiger partial charge in [-0.05, 0) is 19.3 Å². The molecule has 1 fully saturated rings. The maximum absolute atomic E-state index is 3.96. The molecule has 0 atom stereocenters. The van der Waals surface area contributed by atoms with Crippen LogP contribution in [0.15, 0.2) is 0 Å². The normalized spacial score (nSPS) is 22.2. The van der Waals surface area contributed by atoms with E-state index in [0.29, 0.717) is 0 Å². The third-order valence-electron chi connectivity index (χ3n) is 1.76. The van der Waals surface area contributed by atoms with Crippen molar-refractivity contribution in [1.29, 1.82) is 0 Å². The van der Waals surface area contributed by atoms with Crippen molar-refractivity contribution in [3.05, 3.63) is 21.5 Å².